The quantitative estimate of drug-likeness (QED) is 0.601. The highest BCUT2D eigenvalue weighted by Gasteiger charge is 2.38. The number of likely N-dealkylation sites (N-methyl/N-ethyl adjacent to an activating group) is 2. The topological polar surface area (TPSA) is 49.6 Å². The van der Waals surface area contributed by atoms with Crippen molar-refractivity contribution in [1.82, 2.24) is 9.80 Å². The van der Waals surface area contributed by atoms with Crippen molar-refractivity contribution < 1.29 is 4.79 Å². The summed E-state index contributed by atoms with van der Waals surface area (Å²) >= 11 is 0. The van der Waals surface area contributed by atoms with Crippen LogP contribution in [0.4, 0.5) is 4.79 Å². The Morgan fingerprint density at radius 2 is 1.48 bits per heavy atom. The first kappa shape index (κ1) is 24.2. The lowest BCUT2D eigenvalue weighted by molar-refractivity contribution is 0.0592. The zero-order chi connectivity index (χ0) is 20.1. The smallest absolute Gasteiger partial charge is 0.315 e. The minimum atomic E-state index is -0.326. The number of hydrogen-bond acceptors (Lipinski definition) is 2. The summed E-state index contributed by atoms with van der Waals surface area (Å²) in [4.78, 5) is 16.2. The Morgan fingerprint density at radius 1 is 0.960 bits per heavy atom. The van der Waals surface area contributed by atoms with E-state index in [4.69, 9.17) is 5.73 Å². The van der Waals surface area contributed by atoms with Gasteiger partial charge in [0.1, 0.15) is 0 Å². The number of hydrogen-bond donors (Lipinski definition) is 1. The summed E-state index contributed by atoms with van der Waals surface area (Å²) in [6.07, 6.45) is 4.18. The van der Waals surface area contributed by atoms with Gasteiger partial charge in [-0.05, 0) is 49.5 Å². The molecule has 1 unspecified atom stereocenters. The van der Waals surface area contributed by atoms with E-state index in [-0.39, 0.29) is 17.0 Å². The molecule has 0 aromatic heterocycles. The van der Waals surface area contributed by atoms with Crippen LogP contribution in [0.3, 0.4) is 0 Å². The highest BCUT2D eigenvalue weighted by Crippen LogP contribution is 2.34. The second kappa shape index (κ2) is 9.25. The molecule has 0 saturated heterocycles. The Bertz CT molecular complexity index is 414. The van der Waals surface area contributed by atoms with E-state index in [2.05, 4.69) is 67.3 Å². The Balaban J connectivity index is 5.42. The van der Waals surface area contributed by atoms with Crippen molar-refractivity contribution >= 4 is 6.03 Å². The van der Waals surface area contributed by atoms with Crippen LogP contribution in [0.25, 0.3) is 0 Å². The molecule has 0 spiro atoms. The van der Waals surface area contributed by atoms with Gasteiger partial charge in [-0.25, -0.2) is 4.79 Å². The van der Waals surface area contributed by atoms with Crippen LogP contribution in [0, 0.1) is 16.7 Å². The van der Waals surface area contributed by atoms with Gasteiger partial charge in [0.2, 0.25) is 0 Å². The van der Waals surface area contributed by atoms with Crippen molar-refractivity contribution in [2.45, 2.75) is 86.6 Å². The second-order valence-corrected chi connectivity index (χ2v) is 10.2. The van der Waals surface area contributed by atoms with E-state index >= 15 is 0 Å². The lowest BCUT2D eigenvalue weighted by atomic mass is 9.77. The summed E-state index contributed by atoms with van der Waals surface area (Å²) in [6.45, 7) is 20.1. The lowest BCUT2D eigenvalue weighted by Gasteiger charge is -2.46. The maximum Gasteiger partial charge on any atom is 0.315 e. The zero-order valence-corrected chi connectivity index (χ0v) is 18.7. The van der Waals surface area contributed by atoms with Crippen LogP contribution in [0.5, 0.6) is 0 Å². The van der Waals surface area contributed by atoms with E-state index in [9.17, 15) is 4.79 Å². The fourth-order valence-corrected chi connectivity index (χ4v) is 4.20. The van der Waals surface area contributed by atoms with Gasteiger partial charge in [0.15, 0.2) is 0 Å². The molecule has 0 radical (unpaired) electrons. The van der Waals surface area contributed by atoms with Crippen molar-refractivity contribution in [3.8, 4) is 0 Å². The Morgan fingerprint density at radius 3 is 1.84 bits per heavy atom. The fraction of sp³-hybridized carbons (Fsp3) is 0.952. The van der Waals surface area contributed by atoms with E-state index in [1.165, 1.54) is 0 Å². The van der Waals surface area contributed by atoms with Gasteiger partial charge in [0.05, 0.1) is 5.54 Å². The van der Waals surface area contributed by atoms with Gasteiger partial charge in [-0.3, -0.25) is 0 Å². The molecule has 2 atom stereocenters. The molecule has 4 heteroatoms. The lowest BCUT2D eigenvalue weighted by Crippen LogP contribution is -2.58. The Labute approximate surface area is 157 Å². The summed E-state index contributed by atoms with van der Waals surface area (Å²) in [5.41, 5.74) is 6.05. The van der Waals surface area contributed by atoms with Gasteiger partial charge < -0.3 is 15.5 Å². The first-order chi connectivity index (χ1) is 11.2. The maximum absolute atomic E-state index is 12.0. The van der Waals surface area contributed by atoms with Gasteiger partial charge in [0.25, 0.3) is 0 Å². The molecule has 0 aliphatic rings. The number of urea groups is 1. The minimum Gasteiger partial charge on any atom is -0.351 e. The van der Waals surface area contributed by atoms with Gasteiger partial charge in [-0.15, -0.1) is 0 Å². The third-order valence-electron chi connectivity index (χ3n) is 5.61. The Kier molecular flexibility index (Phi) is 8.96. The molecule has 0 rings (SSSR count). The molecule has 25 heavy (non-hydrogen) atoms. The van der Waals surface area contributed by atoms with Crippen molar-refractivity contribution in [3.63, 3.8) is 0 Å². The number of carbonyl (C=O) groups excluding carboxylic acids is 1. The number of amides is 2. The fourth-order valence-electron chi connectivity index (χ4n) is 4.20. The molecule has 0 aromatic rings. The van der Waals surface area contributed by atoms with Crippen molar-refractivity contribution in [2.24, 2.45) is 22.5 Å². The third kappa shape index (κ3) is 8.44. The van der Waals surface area contributed by atoms with Crippen LogP contribution < -0.4 is 5.73 Å². The standard InChI is InChI=1S/C21H45N3O/c1-11-20(7,8)15-23(9)16-21(12-2,24(10)18(22)25)14-17(3)13-19(4,5)6/h17H,11-16H2,1-10H3,(H2,22,25)/t17-,21?/m0/s1. The highest BCUT2D eigenvalue weighted by molar-refractivity contribution is 5.72. The SMILES string of the molecule is CCC(C)(C)CN(C)CC(CC)(C[C@@H](C)CC(C)(C)C)N(C)C(N)=O. The van der Waals surface area contributed by atoms with Gasteiger partial charge >= 0.3 is 6.03 Å². The first-order valence-corrected chi connectivity index (χ1v) is 9.90. The van der Waals surface area contributed by atoms with E-state index in [0.717, 1.165) is 38.8 Å². The first-order valence-electron chi connectivity index (χ1n) is 9.90. The van der Waals surface area contributed by atoms with Crippen LogP contribution in [0.1, 0.15) is 81.1 Å². The number of carbonyl (C=O) groups is 1. The van der Waals surface area contributed by atoms with Gasteiger partial charge in [-0.2, -0.15) is 0 Å². The van der Waals surface area contributed by atoms with E-state index in [1.54, 1.807) is 4.90 Å². The number of rotatable bonds is 10. The molecule has 0 saturated carbocycles. The normalized spacial score (nSPS) is 16.6. The number of primary amides is 1. The summed E-state index contributed by atoms with van der Waals surface area (Å²) in [6, 6.07) is -0.326. The second-order valence-electron chi connectivity index (χ2n) is 10.2. The predicted octanol–water partition coefficient (Wildman–Crippen LogP) is 4.98. The van der Waals surface area contributed by atoms with E-state index in [1.807, 2.05) is 7.05 Å². The highest BCUT2D eigenvalue weighted by atomic mass is 16.2. The minimum absolute atomic E-state index is 0.213. The van der Waals surface area contributed by atoms with Crippen molar-refractivity contribution in [1.29, 1.82) is 0 Å². The van der Waals surface area contributed by atoms with Crippen LogP contribution in [-0.2, 0) is 0 Å². The summed E-state index contributed by atoms with van der Waals surface area (Å²) in [5.74, 6) is 0.536. The summed E-state index contributed by atoms with van der Waals surface area (Å²) in [7, 11) is 4.04. The van der Waals surface area contributed by atoms with Crippen LogP contribution in [0.2, 0.25) is 0 Å². The molecule has 0 aromatic carbocycles. The average molecular weight is 356 g/mol. The van der Waals surface area contributed by atoms with Gasteiger partial charge in [-0.1, -0.05) is 55.4 Å². The molecule has 0 aliphatic heterocycles. The largest absolute Gasteiger partial charge is 0.351 e. The van der Waals surface area contributed by atoms with Crippen molar-refractivity contribution in [2.75, 3.05) is 27.2 Å². The molecule has 4 nitrogen and oxygen atoms in total. The monoisotopic (exact) mass is 355 g/mol. The molecule has 0 fully saturated rings. The molecule has 2 amide bonds. The average Bonchev–Trinajstić information content (AvgIpc) is 2.42. The van der Waals surface area contributed by atoms with Crippen molar-refractivity contribution in [3.05, 3.63) is 0 Å². The van der Waals surface area contributed by atoms with Gasteiger partial charge in [0, 0.05) is 20.1 Å². The number of nitrogens with zero attached hydrogens (tertiary/aromatic N) is 2. The van der Waals surface area contributed by atoms with E-state index in [0.29, 0.717) is 11.3 Å². The zero-order valence-electron chi connectivity index (χ0n) is 18.7. The number of nitrogens with two attached hydrogens (primary N) is 1. The predicted molar refractivity (Wildman–Crippen MR) is 110 cm³/mol. The molecular weight excluding hydrogens is 310 g/mol. The summed E-state index contributed by atoms with van der Waals surface area (Å²) < 4.78 is 0. The molecule has 150 valence electrons. The Hall–Kier alpha value is -0.770. The molecule has 0 heterocycles. The molecule has 0 aliphatic carbocycles. The summed E-state index contributed by atoms with van der Waals surface area (Å²) in [5, 5.41) is 0. The molecular formula is C21H45N3O. The maximum atomic E-state index is 12.0. The van der Waals surface area contributed by atoms with Crippen LogP contribution in [-0.4, -0.2) is 48.6 Å². The van der Waals surface area contributed by atoms with Crippen LogP contribution >= 0.6 is 0 Å². The third-order valence-corrected chi connectivity index (χ3v) is 5.61. The molecule has 0 bridgehead atoms. The van der Waals surface area contributed by atoms with E-state index < -0.39 is 0 Å². The molecule has 2 N–H and O–H groups in total. The van der Waals surface area contributed by atoms with Crippen LogP contribution in [0.15, 0.2) is 0 Å².